The molecule has 0 saturated heterocycles. The van der Waals surface area contributed by atoms with E-state index >= 15 is 0 Å². The van der Waals surface area contributed by atoms with Crippen molar-refractivity contribution >= 4 is 56.5 Å². The van der Waals surface area contributed by atoms with Gasteiger partial charge in [-0.25, -0.2) is 0 Å². The SMILES string of the molecule is C=Cc1ccc(SC2=C(/C=C/C3=[N+](C)c4ccc5ccccc5c4C3(C)C)CCC/C2=C\C=C2/N(C)c3ccc4ccccc4c3C2(C)C)cc1. The maximum Gasteiger partial charge on any atom is 0.210 e. The fourth-order valence-corrected chi connectivity index (χ4v) is 10.00. The summed E-state index contributed by atoms with van der Waals surface area (Å²) in [4.78, 5) is 5.04. The summed E-state index contributed by atoms with van der Waals surface area (Å²) in [5.41, 5.74) is 11.8. The molecule has 3 aliphatic rings. The minimum atomic E-state index is -0.120. The van der Waals surface area contributed by atoms with E-state index in [1.165, 1.54) is 76.4 Å². The van der Waals surface area contributed by atoms with Crippen LogP contribution in [0.3, 0.4) is 0 Å². The molecular formula is C48H47N2S+. The van der Waals surface area contributed by atoms with E-state index < -0.39 is 0 Å². The monoisotopic (exact) mass is 683 g/mol. The van der Waals surface area contributed by atoms with Crippen molar-refractivity contribution in [2.75, 3.05) is 19.0 Å². The molecule has 0 fully saturated rings. The Bertz CT molecular complexity index is 2390. The Morgan fingerprint density at radius 1 is 0.725 bits per heavy atom. The standard InChI is InChI=1S/C48H47N2S/c1-8-32-20-26-37(27-21-32)51-46-35(24-30-42-47(2,3)44-38-18-11-9-14-33(38)22-28-40(44)49(42)6)16-13-17-36(46)25-31-43-48(4,5)45-39-19-12-10-15-34(39)23-29-41(45)50(43)7/h8-12,14-15,18-31H,1,13,16-17H2,2-7H3/q+1. The van der Waals surface area contributed by atoms with E-state index in [9.17, 15) is 0 Å². The molecule has 0 aromatic heterocycles. The predicted octanol–water partition coefficient (Wildman–Crippen LogP) is 12.7. The largest absolute Gasteiger partial charge is 0.347 e. The number of hydrogen-bond acceptors (Lipinski definition) is 2. The summed E-state index contributed by atoms with van der Waals surface area (Å²) in [6, 6.07) is 35.6. The first-order valence-electron chi connectivity index (χ1n) is 18.2. The van der Waals surface area contributed by atoms with Crippen LogP contribution in [0.1, 0.15) is 63.6 Å². The fraction of sp³-hybridized carbons (Fsp3) is 0.229. The first-order valence-corrected chi connectivity index (χ1v) is 19.0. The second-order valence-corrected chi connectivity index (χ2v) is 16.4. The molecule has 51 heavy (non-hydrogen) atoms. The van der Waals surface area contributed by atoms with E-state index in [2.05, 4.69) is 179 Å². The lowest BCUT2D eigenvalue weighted by Gasteiger charge is -2.25. The van der Waals surface area contributed by atoms with Crippen molar-refractivity contribution in [3.05, 3.63) is 166 Å². The molecule has 1 aliphatic carbocycles. The van der Waals surface area contributed by atoms with Crippen LogP contribution in [-0.2, 0) is 10.8 Å². The summed E-state index contributed by atoms with van der Waals surface area (Å²) >= 11 is 1.90. The van der Waals surface area contributed by atoms with Gasteiger partial charge in [0.2, 0.25) is 5.69 Å². The van der Waals surface area contributed by atoms with Gasteiger partial charge in [0.15, 0.2) is 5.71 Å². The molecule has 254 valence electrons. The molecule has 2 heterocycles. The Morgan fingerprint density at radius 2 is 1.39 bits per heavy atom. The Kier molecular flexibility index (Phi) is 8.31. The zero-order valence-corrected chi connectivity index (χ0v) is 31.6. The van der Waals surface area contributed by atoms with Gasteiger partial charge in [0.25, 0.3) is 0 Å². The quantitative estimate of drug-likeness (QED) is 0.164. The van der Waals surface area contributed by atoms with Gasteiger partial charge in [0.05, 0.1) is 5.41 Å². The molecular weight excluding hydrogens is 637 g/mol. The van der Waals surface area contributed by atoms with Gasteiger partial charge in [-0.05, 0) is 107 Å². The average Bonchev–Trinajstić information content (AvgIpc) is 3.47. The minimum Gasteiger partial charge on any atom is -0.347 e. The lowest BCUT2D eigenvalue weighted by atomic mass is 9.78. The summed E-state index contributed by atoms with van der Waals surface area (Å²) < 4.78 is 2.41. The Morgan fingerprint density at radius 3 is 2.10 bits per heavy atom. The van der Waals surface area contributed by atoms with Gasteiger partial charge in [0, 0.05) is 51.4 Å². The van der Waals surface area contributed by atoms with E-state index in [1.54, 1.807) is 0 Å². The number of hydrogen-bond donors (Lipinski definition) is 0. The van der Waals surface area contributed by atoms with Crippen molar-refractivity contribution in [3.63, 3.8) is 0 Å². The summed E-state index contributed by atoms with van der Waals surface area (Å²) in [7, 11) is 4.46. The van der Waals surface area contributed by atoms with Crippen molar-refractivity contribution in [1.82, 2.24) is 0 Å². The van der Waals surface area contributed by atoms with Crippen LogP contribution in [0.2, 0.25) is 0 Å². The van der Waals surface area contributed by atoms with E-state index in [4.69, 9.17) is 0 Å². The molecule has 5 aromatic rings. The van der Waals surface area contributed by atoms with Crippen molar-refractivity contribution in [3.8, 4) is 0 Å². The summed E-state index contributed by atoms with van der Waals surface area (Å²) in [5, 5.41) is 5.30. The highest BCUT2D eigenvalue weighted by Gasteiger charge is 2.44. The fourth-order valence-electron chi connectivity index (χ4n) is 8.89. The molecule has 0 radical (unpaired) electrons. The Balaban J connectivity index is 1.21. The van der Waals surface area contributed by atoms with Crippen LogP contribution in [0.25, 0.3) is 27.6 Å². The van der Waals surface area contributed by atoms with Gasteiger partial charge in [-0.1, -0.05) is 117 Å². The number of likely N-dealkylation sites (N-methyl/N-ethyl adjacent to an activating group) is 1. The van der Waals surface area contributed by atoms with Crippen molar-refractivity contribution in [1.29, 1.82) is 0 Å². The highest BCUT2D eigenvalue weighted by atomic mass is 32.2. The van der Waals surface area contributed by atoms with Gasteiger partial charge in [-0.15, -0.1) is 0 Å². The molecule has 3 heteroatoms. The van der Waals surface area contributed by atoms with Gasteiger partial charge in [0.1, 0.15) is 7.05 Å². The Hall–Kier alpha value is -4.86. The van der Waals surface area contributed by atoms with Crippen LogP contribution in [-0.4, -0.2) is 24.4 Å². The summed E-state index contributed by atoms with van der Waals surface area (Å²) in [5.74, 6) is 0. The third kappa shape index (κ3) is 5.54. The van der Waals surface area contributed by atoms with Crippen LogP contribution in [0.15, 0.2) is 155 Å². The molecule has 0 unspecified atom stereocenters. The van der Waals surface area contributed by atoms with Crippen LogP contribution in [0.5, 0.6) is 0 Å². The number of nitrogens with zero attached hydrogens (tertiary/aromatic N) is 2. The van der Waals surface area contributed by atoms with Gasteiger partial charge in [-0.3, -0.25) is 0 Å². The lowest BCUT2D eigenvalue weighted by molar-refractivity contribution is -0.401. The normalized spacial score (nSPS) is 19.6. The van der Waals surface area contributed by atoms with Crippen molar-refractivity contribution < 1.29 is 4.58 Å². The van der Waals surface area contributed by atoms with Crippen LogP contribution < -0.4 is 4.90 Å². The Labute approximate surface area is 307 Å². The van der Waals surface area contributed by atoms with Crippen molar-refractivity contribution in [2.24, 2.45) is 0 Å². The topological polar surface area (TPSA) is 6.25 Å². The maximum absolute atomic E-state index is 3.97. The first kappa shape index (κ1) is 33.3. The van der Waals surface area contributed by atoms with Gasteiger partial charge in [-0.2, -0.15) is 4.58 Å². The zero-order chi connectivity index (χ0) is 35.5. The van der Waals surface area contributed by atoms with Crippen LogP contribution in [0.4, 0.5) is 11.4 Å². The first-order chi connectivity index (χ1) is 24.6. The third-order valence-electron chi connectivity index (χ3n) is 11.5. The number of thioether (sulfide) groups is 1. The van der Waals surface area contributed by atoms with E-state index in [0.717, 1.165) is 24.8 Å². The smallest absolute Gasteiger partial charge is 0.210 e. The van der Waals surface area contributed by atoms with Gasteiger partial charge < -0.3 is 4.90 Å². The molecule has 0 spiro atoms. The van der Waals surface area contributed by atoms with E-state index in [1.807, 2.05) is 17.8 Å². The van der Waals surface area contributed by atoms with Crippen LogP contribution >= 0.6 is 11.8 Å². The molecule has 5 aromatic carbocycles. The summed E-state index contributed by atoms with van der Waals surface area (Å²) in [6.07, 6.45) is 14.8. The third-order valence-corrected chi connectivity index (χ3v) is 12.7. The molecule has 8 rings (SSSR count). The highest BCUT2D eigenvalue weighted by molar-refractivity contribution is 8.03. The average molecular weight is 684 g/mol. The molecule has 2 aliphatic heterocycles. The number of benzene rings is 5. The maximum atomic E-state index is 3.97. The highest BCUT2D eigenvalue weighted by Crippen LogP contribution is 2.51. The molecule has 0 amide bonds. The van der Waals surface area contributed by atoms with E-state index in [-0.39, 0.29) is 10.8 Å². The summed E-state index contributed by atoms with van der Waals surface area (Å²) in [6.45, 7) is 13.5. The van der Waals surface area contributed by atoms with Gasteiger partial charge >= 0.3 is 0 Å². The molecule has 0 bridgehead atoms. The minimum absolute atomic E-state index is 0.120. The van der Waals surface area contributed by atoms with Crippen LogP contribution in [0, 0.1) is 0 Å². The second kappa shape index (κ2) is 12.7. The number of rotatable bonds is 6. The van der Waals surface area contributed by atoms with E-state index in [0.29, 0.717) is 0 Å². The predicted molar refractivity (Wildman–Crippen MR) is 222 cm³/mol. The molecule has 0 saturated carbocycles. The number of fused-ring (bicyclic) bond motifs is 6. The number of allylic oxidation sites excluding steroid dienone is 7. The van der Waals surface area contributed by atoms with Crippen molar-refractivity contribution in [2.45, 2.75) is 62.7 Å². The second-order valence-electron chi connectivity index (χ2n) is 15.3. The lowest BCUT2D eigenvalue weighted by Crippen LogP contribution is -2.27. The molecule has 2 nitrogen and oxygen atoms in total. The zero-order valence-electron chi connectivity index (χ0n) is 30.8. The molecule has 0 N–H and O–H groups in total. The molecule has 0 atom stereocenters. The number of anilines is 1.